The molecule has 2 aromatic carbocycles. The zero-order chi connectivity index (χ0) is 28.0. The topological polar surface area (TPSA) is 113 Å². The lowest BCUT2D eigenvalue weighted by molar-refractivity contribution is -0.137. The standard InChI is InChI=1S/C28H29F3N4O4/c1-32-27(38)25-15-24(6-7-34-25)39-23-5-4-18-2-3-19(12-20(18)13-23)26(37)35-22-11-17(16-33-8-9-36)10-21(14-22)28(29,30)31/h4-7,10-11,13-15,19,33,36H,2-3,8-9,12,16H2,1H3,(H,32,38)(H,35,37). The molecule has 1 heterocycles. The van der Waals surface area contributed by atoms with E-state index in [-0.39, 0.29) is 42.9 Å². The first kappa shape index (κ1) is 28.1. The van der Waals surface area contributed by atoms with Gasteiger partial charge in [-0.25, -0.2) is 0 Å². The van der Waals surface area contributed by atoms with Crippen LogP contribution in [0.2, 0.25) is 0 Å². The summed E-state index contributed by atoms with van der Waals surface area (Å²) in [5.74, 6) is -0.165. The van der Waals surface area contributed by atoms with E-state index in [4.69, 9.17) is 9.84 Å². The molecule has 206 valence electrons. The van der Waals surface area contributed by atoms with Crippen LogP contribution in [0.5, 0.6) is 11.5 Å². The number of alkyl halides is 3. The van der Waals surface area contributed by atoms with Crippen molar-refractivity contribution in [2.75, 3.05) is 25.5 Å². The number of aliphatic hydroxyl groups is 1. The molecule has 4 rings (SSSR count). The first-order chi connectivity index (χ1) is 18.7. The number of aromatic nitrogens is 1. The molecule has 4 N–H and O–H groups in total. The molecule has 2 amide bonds. The van der Waals surface area contributed by atoms with Crippen molar-refractivity contribution in [3.05, 3.63) is 82.7 Å². The number of amides is 2. The normalized spacial score (nSPS) is 14.8. The number of nitrogens with zero attached hydrogens (tertiary/aromatic N) is 1. The average molecular weight is 543 g/mol. The lowest BCUT2D eigenvalue weighted by Crippen LogP contribution is -2.28. The Kier molecular flexibility index (Phi) is 8.82. The number of aliphatic hydroxyl groups excluding tert-OH is 1. The Bertz CT molecular complexity index is 1350. The Morgan fingerprint density at radius 3 is 2.62 bits per heavy atom. The summed E-state index contributed by atoms with van der Waals surface area (Å²) in [4.78, 5) is 29.0. The average Bonchev–Trinajstić information content (AvgIpc) is 2.92. The predicted molar refractivity (Wildman–Crippen MR) is 139 cm³/mol. The van der Waals surface area contributed by atoms with Crippen molar-refractivity contribution in [3.8, 4) is 11.5 Å². The molecule has 3 aromatic rings. The number of anilines is 1. The maximum Gasteiger partial charge on any atom is 0.416 e. The third-order valence-corrected chi connectivity index (χ3v) is 6.41. The highest BCUT2D eigenvalue weighted by atomic mass is 19.4. The number of benzene rings is 2. The van der Waals surface area contributed by atoms with E-state index in [1.54, 1.807) is 6.07 Å². The first-order valence-corrected chi connectivity index (χ1v) is 12.5. The second kappa shape index (κ2) is 12.3. The lowest BCUT2D eigenvalue weighted by atomic mass is 9.83. The third kappa shape index (κ3) is 7.33. The van der Waals surface area contributed by atoms with Gasteiger partial charge in [0.25, 0.3) is 5.91 Å². The Morgan fingerprint density at radius 1 is 1.08 bits per heavy atom. The van der Waals surface area contributed by atoms with Gasteiger partial charge in [-0.1, -0.05) is 6.07 Å². The quantitative estimate of drug-likeness (QED) is 0.303. The van der Waals surface area contributed by atoms with Crippen LogP contribution in [0.1, 0.15) is 39.2 Å². The fourth-order valence-electron chi connectivity index (χ4n) is 4.47. The molecular formula is C28H29F3N4O4. The van der Waals surface area contributed by atoms with Crippen LogP contribution in [-0.2, 0) is 30.4 Å². The zero-order valence-electron chi connectivity index (χ0n) is 21.3. The summed E-state index contributed by atoms with van der Waals surface area (Å²) in [6.07, 6.45) is -1.49. The Morgan fingerprint density at radius 2 is 1.87 bits per heavy atom. The Labute approximate surface area is 223 Å². The van der Waals surface area contributed by atoms with E-state index >= 15 is 0 Å². The number of pyridine rings is 1. The van der Waals surface area contributed by atoms with Crippen LogP contribution in [0.4, 0.5) is 18.9 Å². The highest BCUT2D eigenvalue weighted by molar-refractivity contribution is 5.93. The van der Waals surface area contributed by atoms with E-state index in [0.29, 0.717) is 36.3 Å². The minimum atomic E-state index is -4.57. The zero-order valence-corrected chi connectivity index (χ0v) is 21.3. The summed E-state index contributed by atoms with van der Waals surface area (Å²) < 4.78 is 46.3. The Hall–Kier alpha value is -3.96. The van der Waals surface area contributed by atoms with Gasteiger partial charge in [0.15, 0.2) is 0 Å². The second-order valence-electron chi connectivity index (χ2n) is 9.23. The van der Waals surface area contributed by atoms with Crippen LogP contribution in [0, 0.1) is 5.92 Å². The molecule has 39 heavy (non-hydrogen) atoms. The van der Waals surface area contributed by atoms with E-state index in [1.165, 1.54) is 25.4 Å². The molecule has 0 fully saturated rings. The summed E-state index contributed by atoms with van der Waals surface area (Å²) in [5, 5.41) is 17.0. The van der Waals surface area contributed by atoms with Crippen molar-refractivity contribution in [2.24, 2.45) is 5.92 Å². The van der Waals surface area contributed by atoms with Gasteiger partial charge in [0, 0.05) is 44.0 Å². The number of aryl methyl sites for hydroxylation is 1. The van der Waals surface area contributed by atoms with Gasteiger partial charge >= 0.3 is 6.18 Å². The maximum atomic E-state index is 13.5. The van der Waals surface area contributed by atoms with Gasteiger partial charge in [0.05, 0.1) is 12.2 Å². The number of hydrogen-bond acceptors (Lipinski definition) is 6. The van der Waals surface area contributed by atoms with Crippen LogP contribution in [0.3, 0.4) is 0 Å². The van der Waals surface area contributed by atoms with E-state index < -0.39 is 17.7 Å². The number of rotatable bonds is 9. The molecule has 0 saturated heterocycles. The number of fused-ring (bicyclic) bond motifs is 1. The summed E-state index contributed by atoms with van der Waals surface area (Å²) in [6, 6.07) is 12.2. The van der Waals surface area contributed by atoms with Crippen molar-refractivity contribution in [1.29, 1.82) is 0 Å². The highest BCUT2D eigenvalue weighted by Crippen LogP contribution is 2.34. The van der Waals surface area contributed by atoms with Gasteiger partial charge in [-0.05, 0) is 72.4 Å². The van der Waals surface area contributed by atoms with Crippen LogP contribution in [0.25, 0.3) is 0 Å². The van der Waals surface area contributed by atoms with Crippen LogP contribution >= 0.6 is 0 Å². The molecule has 1 atom stereocenters. The fraction of sp³-hybridized carbons (Fsp3) is 0.321. The Balaban J connectivity index is 1.47. The number of carbonyl (C=O) groups excluding carboxylic acids is 2. The molecule has 1 aliphatic carbocycles. The summed E-state index contributed by atoms with van der Waals surface area (Å²) in [5.41, 5.74) is 1.77. The van der Waals surface area contributed by atoms with Gasteiger partial charge in [0.1, 0.15) is 17.2 Å². The summed E-state index contributed by atoms with van der Waals surface area (Å²) in [7, 11) is 1.51. The van der Waals surface area contributed by atoms with Crippen molar-refractivity contribution in [2.45, 2.75) is 32.0 Å². The second-order valence-corrected chi connectivity index (χ2v) is 9.23. The van der Waals surface area contributed by atoms with Crippen LogP contribution < -0.4 is 20.7 Å². The molecule has 1 unspecified atom stereocenters. The van der Waals surface area contributed by atoms with Crippen LogP contribution in [0.15, 0.2) is 54.7 Å². The van der Waals surface area contributed by atoms with E-state index in [0.717, 1.165) is 23.3 Å². The van der Waals surface area contributed by atoms with Gasteiger partial charge in [-0.15, -0.1) is 0 Å². The molecule has 0 radical (unpaired) electrons. The number of ether oxygens (including phenoxy) is 1. The number of halogens is 3. The molecule has 0 saturated carbocycles. The first-order valence-electron chi connectivity index (χ1n) is 12.5. The van der Waals surface area contributed by atoms with E-state index in [9.17, 15) is 22.8 Å². The number of carbonyl (C=O) groups is 2. The third-order valence-electron chi connectivity index (χ3n) is 6.41. The van der Waals surface area contributed by atoms with Crippen molar-refractivity contribution >= 4 is 17.5 Å². The van der Waals surface area contributed by atoms with Gasteiger partial charge in [0.2, 0.25) is 5.91 Å². The van der Waals surface area contributed by atoms with Crippen molar-refractivity contribution < 1.29 is 32.6 Å². The van der Waals surface area contributed by atoms with Crippen molar-refractivity contribution in [1.82, 2.24) is 15.6 Å². The van der Waals surface area contributed by atoms with Gasteiger partial charge < -0.3 is 25.8 Å². The molecular weight excluding hydrogens is 513 g/mol. The lowest BCUT2D eigenvalue weighted by Gasteiger charge is -2.25. The molecule has 0 bridgehead atoms. The number of hydrogen-bond donors (Lipinski definition) is 4. The fourth-order valence-corrected chi connectivity index (χ4v) is 4.47. The van der Waals surface area contributed by atoms with E-state index in [1.807, 2.05) is 18.2 Å². The minimum absolute atomic E-state index is 0.0723. The maximum absolute atomic E-state index is 13.5. The van der Waals surface area contributed by atoms with E-state index in [2.05, 4.69) is 20.9 Å². The molecule has 0 aliphatic heterocycles. The molecule has 1 aromatic heterocycles. The molecule has 1 aliphatic rings. The SMILES string of the molecule is CNC(=O)c1cc(Oc2ccc3c(c2)CC(C(=O)Nc2cc(CNCCO)cc(C(F)(F)F)c2)CC3)ccn1. The largest absolute Gasteiger partial charge is 0.457 e. The van der Waals surface area contributed by atoms with Gasteiger partial charge in [-0.2, -0.15) is 13.2 Å². The summed E-state index contributed by atoms with van der Waals surface area (Å²) in [6.45, 7) is 0.217. The predicted octanol–water partition coefficient (Wildman–Crippen LogP) is 4.08. The molecule has 8 nitrogen and oxygen atoms in total. The van der Waals surface area contributed by atoms with Crippen molar-refractivity contribution in [3.63, 3.8) is 0 Å². The summed E-state index contributed by atoms with van der Waals surface area (Å²) >= 11 is 0. The molecule has 0 spiro atoms. The monoisotopic (exact) mass is 542 g/mol. The van der Waals surface area contributed by atoms with Gasteiger partial charge in [-0.3, -0.25) is 14.6 Å². The minimum Gasteiger partial charge on any atom is -0.457 e. The number of nitrogens with one attached hydrogen (secondary N) is 3. The molecule has 11 heteroatoms. The highest BCUT2D eigenvalue weighted by Gasteiger charge is 2.32. The van der Waals surface area contributed by atoms with Crippen LogP contribution in [-0.4, -0.2) is 42.1 Å². The smallest absolute Gasteiger partial charge is 0.416 e.